The lowest BCUT2D eigenvalue weighted by atomic mass is 10.1. The Labute approximate surface area is 84.3 Å². The van der Waals surface area contributed by atoms with E-state index < -0.39 is 6.10 Å². The van der Waals surface area contributed by atoms with Crippen molar-refractivity contribution in [3.8, 4) is 11.5 Å². The van der Waals surface area contributed by atoms with E-state index in [2.05, 4.69) is 0 Å². The molecule has 0 saturated carbocycles. The van der Waals surface area contributed by atoms with Gasteiger partial charge in [0.15, 0.2) is 0 Å². The van der Waals surface area contributed by atoms with Crippen molar-refractivity contribution in [2.75, 3.05) is 14.2 Å². The molecule has 0 bridgehead atoms. The lowest BCUT2D eigenvalue weighted by Gasteiger charge is -2.11. The van der Waals surface area contributed by atoms with Gasteiger partial charge < -0.3 is 14.6 Å². The highest BCUT2D eigenvalue weighted by Crippen LogP contribution is 2.27. The molecule has 1 atom stereocenters. The van der Waals surface area contributed by atoms with Crippen molar-refractivity contribution in [3.05, 3.63) is 23.8 Å². The van der Waals surface area contributed by atoms with Crippen molar-refractivity contribution in [1.29, 1.82) is 0 Å². The topological polar surface area (TPSA) is 38.7 Å². The molecule has 0 unspecified atom stereocenters. The summed E-state index contributed by atoms with van der Waals surface area (Å²) in [5, 5.41) is 9.66. The smallest absolute Gasteiger partial charge is 0.122 e. The first-order chi connectivity index (χ1) is 6.71. The van der Waals surface area contributed by atoms with Gasteiger partial charge in [-0.25, -0.2) is 0 Å². The number of hydrogen-bond acceptors (Lipinski definition) is 3. The summed E-state index contributed by atoms with van der Waals surface area (Å²) in [5.41, 5.74) is 0.823. The molecule has 0 aliphatic carbocycles. The molecule has 14 heavy (non-hydrogen) atoms. The van der Waals surface area contributed by atoms with Gasteiger partial charge in [-0.05, 0) is 24.1 Å². The van der Waals surface area contributed by atoms with Gasteiger partial charge in [-0.15, -0.1) is 0 Å². The molecule has 0 fully saturated rings. The van der Waals surface area contributed by atoms with Gasteiger partial charge in [-0.2, -0.15) is 0 Å². The molecule has 1 rings (SSSR count). The number of rotatable bonds is 4. The van der Waals surface area contributed by atoms with Crippen LogP contribution in [0.25, 0.3) is 0 Å². The quantitative estimate of drug-likeness (QED) is 0.801. The average Bonchev–Trinajstić information content (AvgIpc) is 2.27. The van der Waals surface area contributed by atoms with E-state index in [4.69, 9.17) is 9.47 Å². The fourth-order valence-electron chi connectivity index (χ4n) is 1.26. The summed E-state index contributed by atoms with van der Waals surface area (Å²) in [6.45, 7) is 1.93. The second-order valence-electron chi connectivity index (χ2n) is 3.07. The molecule has 0 aliphatic rings. The van der Waals surface area contributed by atoms with E-state index in [0.29, 0.717) is 17.9 Å². The van der Waals surface area contributed by atoms with Crippen LogP contribution < -0.4 is 9.47 Å². The van der Waals surface area contributed by atoms with Crippen LogP contribution in [0.1, 0.15) is 25.0 Å². The summed E-state index contributed by atoms with van der Waals surface area (Å²) in [6.07, 6.45) is 0.218. The molecule has 0 aromatic heterocycles. The number of aliphatic hydroxyl groups excluding tert-OH is 1. The number of methoxy groups -OCH3 is 2. The highest BCUT2D eigenvalue weighted by atomic mass is 16.5. The zero-order chi connectivity index (χ0) is 10.6. The summed E-state index contributed by atoms with van der Waals surface area (Å²) in [7, 11) is 3.19. The molecule has 78 valence electrons. The Bertz CT molecular complexity index is 274. The fraction of sp³-hybridized carbons (Fsp3) is 0.455. The van der Waals surface area contributed by atoms with E-state index >= 15 is 0 Å². The van der Waals surface area contributed by atoms with Gasteiger partial charge in [0.25, 0.3) is 0 Å². The monoisotopic (exact) mass is 196 g/mol. The fourth-order valence-corrected chi connectivity index (χ4v) is 1.26. The highest BCUT2D eigenvalue weighted by molar-refractivity contribution is 5.39. The Kier molecular flexibility index (Phi) is 3.77. The lowest BCUT2D eigenvalue weighted by Crippen LogP contribution is -1.97. The molecule has 3 nitrogen and oxygen atoms in total. The van der Waals surface area contributed by atoms with Crippen LogP contribution >= 0.6 is 0 Å². The Balaban J connectivity index is 3.04. The van der Waals surface area contributed by atoms with E-state index in [0.717, 1.165) is 5.56 Å². The largest absolute Gasteiger partial charge is 0.497 e. The van der Waals surface area contributed by atoms with Gasteiger partial charge in [-0.3, -0.25) is 0 Å². The molecule has 0 aliphatic heterocycles. The van der Waals surface area contributed by atoms with Gasteiger partial charge in [0.05, 0.1) is 20.3 Å². The third-order valence-electron chi connectivity index (χ3n) is 2.15. The van der Waals surface area contributed by atoms with Crippen LogP contribution in [-0.2, 0) is 0 Å². The van der Waals surface area contributed by atoms with Crippen molar-refractivity contribution < 1.29 is 14.6 Å². The zero-order valence-electron chi connectivity index (χ0n) is 8.78. The van der Waals surface area contributed by atoms with Crippen LogP contribution in [0, 0.1) is 0 Å². The SMILES string of the molecule is CC[C@@H](O)c1cc(OC)cc(OC)c1. The highest BCUT2D eigenvalue weighted by Gasteiger charge is 2.08. The molecule has 0 amide bonds. The maximum absolute atomic E-state index is 9.66. The van der Waals surface area contributed by atoms with Crippen LogP contribution in [0.5, 0.6) is 11.5 Å². The maximum atomic E-state index is 9.66. The van der Waals surface area contributed by atoms with Crippen LogP contribution in [0.4, 0.5) is 0 Å². The van der Waals surface area contributed by atoms with Gasteiger partial charge in [0, 0.05) is 6.07 Å². The maximum Gasteiger partial charge on any atom is 0.122 e. The Morgan fingerprint density at radius 2 is 1.64 bits per heavy atom. The molecule has 1 aromatic rings. The van der Waals surface area contributed by atoms with E-state index in [9.17, 15) is 5.11 Å². The summed E-state index contributed by atoms with van der Waals surface area (Å²) >= 11 is 0. The number of ether oxygens (including phenoxy) is 2. The number of hydrogen-bond donors (Lipinski definition) is 1. The predicted octanol–water partition coefficient (Wildman–Crippen LogP) is 2.15. The Hall–Kier alpha value is -1.22. The summed E-state index contributed by atoms with van der Waals surface area (Å²) in [6, 6.07) is 5.42. The van der Waals surface area contributed by atoms with Crippen molar-refractivity contribution in [2.45, 2.75) is 19.4 Å². The summed E-state index contributed by atoms with van der Waals surface area (Å²) < 4.78 is 10.2. The molecule has 1 N–H and O–H groups in total. The molecule has 3 heteroatoms. The second-order valence-corrected chi connectivity index (χ2v) is 3.07. The summed E-state index contributed by atoms with van der Waals surface area (Å²) in [4.78, 5) is 0. The first kappa shape index (κ1) is 10.9. The molecule has 0 saturated heterocycles. The first-order valence-corrected chi connectivity index (χ1v) is 4.62. The van der Waals surface area contributed by atoms with Gasteiger partial charge in [0.2, 0.25) is 0 Å². The minimum absolute atomic E-state index is 0.459. The molecular formula is C11H16O3. The molecule has 1 aromatic carbocycles. The van der Waals surface area contributed by atoms with Crippen LogP contribution in [0.15, 0.2) is 18.2 Å². The normalized spacial score (nSPS) is 12.3. The summed E-state index contributed by atoms with van der Waals surface area (Å²) in [5.74, 6) is 1.40. The van der Waals surface area contributed by atoms with Crippen LogP contribution in [-0.4, -0.2) is 19.3 Å². The minimum atomic E-state index is -0.459. The van der Waals surface area contributed by atoms with Crippen LogP contribution in [0.3, 0.4) is 0 Å². The Morgan fingerprint density at radius 1 is 1.14 bits per heavy atom. The van der Waals surface area contributed by atoms with Crippen molar-refractivity contribution in [3.63, 3.8) is 0 Å². The third kappa shape index (κ3) is 2.39. The van der Waals surface area contributed by atoms with E-state index in [-0.39, 0.29) is 0 Å². The van der Waals surface area contributed by atoms with Crippen molar-refractivity contribution in [2.24, 2.45) is 0 Å². The minimum Gasteiger partial charge on any atom is -0.497 e. The zero-order valence-corrected chi connectivity index (χ0v) is 8.78. The van der Waals surface area contributed by atoms with Crippen molar-refractivity contribution >= 4 is 0 Å². The van der Waals surface area contributed by atoms with Crippen molar-refractivity contribution in [1.82, 2.24) is 0 Å². The number of aliphatic hydroxyl groups is 1. The molecular weight excluding hydrogens is 180 g/mol. The average molecular weight is 196 g/mol. The van der Waals surface area contributed by atoms with Gasteiger partial charge >= 0.3 is 0 Å². The molecule has 0 radical (unpaired) electrons. The van der Waals surface area contributed by atoms with E-state index in [1.165, 1.54) is 0 Å². The number of benzene rings is 1. The second kappa shape index (κ2) is 4.86. The first-order valence-electron chi connectivity index (χ1n) is 4.62. The molecule has 0 spiro atoms. The predicted molar refractivity (Wildman–Crippen MR) is 54.8 cm³/mol. The third-order valence-corrected chi connectivity index (χ3v) is 2.15. The van der Waals surface area contributed by atoms with E-state index in [1.807, 2.05) is 19.1 Å². The van der Waals surface area contributed by atoms with Crippen LogP contribution in [0.2, 0.25) is 0 Å². The Morgan fingerprint density at radius 3 is 2.00 bits per heavy atom. The molecule has 0 heterocycles. The standard InChI is InChI=1S/C11H16O3/c1-4-11(12)8-5-9(13-2)7-10(6-8)14-3/h5-7,11-12H,4H2,1-3H3/t11-/m1/s1. The van der Waals surface area contributed by atoms with E-state index in [1.54, 1.807) is 20.3 Å². The van der Waals surface area contributed by atoms with Gasteiger partial charge in [0.1, 0.15) is 11.5 Å². The van der Waals surface area contributed by atoms with Gasteiger partial charge in [-0.1, -0.05) is 6.92 Å². The lowest BCUT2D eigenvalue weighted by molar-refractivity contribution is 0.173.